The van der Waals surface area contributed by atoms with Crippen LogP contribution in [-0.2, 0) is 0 Å². The summed E-state index contributed by atoms with van der Waals surface area (Å²) in [4.78, 5) is 5.01. The van der Waals surface area contributed by atoms with E-state index in [-0.39, 0.29) is 11.1 Å². The van der Waals surface area contributed by atoms with Gasteiger partial charge in [0.1, 0.15) is 11.4 Å². The third-order valence-electron chi connectivity index (χ3n) is 6.42. The van der Waals surface area contributed by atoms with E-state index in [1.165, 1.54) is 11.1 Å². The fraction of sp³-hybridized carbons (Fsp3) is 0.364. The normalized spacial score (nSPS) is 23.9. The standard InChI is InChI=1S/C22H24N4/c1-25-15-16-26(2)22(25)20(18-11-7-4-8-12-18)24-23-19(21(22)13-14-21)17-9-5-3-6-10-17/h3-12H,13-16H2,1-2H3. The van der Waals surface area contributed by atoms with Crippen LogP contribution in [0.15, 0.2) is 70.9 Å². The maximum absolute atomic E-state index is 4.85. The molecule has 26 heavy (non-hydrogen) atoms. The highest BCUT2D eigenvalue weighted by molar-refractivity contribution is 6.18. The van der Waals surface area contributed by atoms with E-state index in [1.54, 1.807) is 0 Å². The summed E-state index contributed by atoms with van der Waals surface area (Å²) in [6.07, 6.45) is 2.31. The molecule has 0 unspecified atom stereocenters. The van der Waals surface area contributed by atoms with Crippen molar-refractivity contribution in [2.24, 2.45) is 15.6 Å². The molecular weight excluding hydrogens is 320 g/mol. The summed E-state index contributed by atoms with van der Waals surface area (Å²) in [6, 6.07) is 21.2. The fourth-order valence-corrected chi connectivity index (χ4v) is 5.16. The summed E-state index contributed by atoms with van der Waals surface area (Å²) in [6.45, 7) is 2.10. The van der Waals surface area contributed by atoms with Crippen LogP contribution in [0.25, 0.3) is 0 Å². The molecule has 132 valence electrons. The number of fused-ring (bicyclic) bond motifs is 1. The molecule has 2 aromatic rings. The maximum atomic E-state index is 4.85. The summed E-state index contributed by atoms with van der Waals surface area (Å²) < 4.78 is 0. The van der Waals surface area contributed by atoms with Crippen molar-refractivity contribution in [1.82, 2.24) is 9.80 Å². The molecular formula is C22H24N4. The second-order valence-electron chi connectivity index (χ2n) is 7.73. The van der Waals surface area contributed by atoms with Crippen LogP contribution < -0.4 is 0 Å². The van der Waals surface area contributed by atoms with Crippen LogP contribution in [0.3, 0.4) is 0 Å². The summed E-state index contributed by atoms with van der Waals surface area (Å²) in [5.74, 6) is 0. The molecule has 1 aliphatic carbocycles. The van der Waals surface area contributed by atoms with Crippen LogP contribution in [0.4, 0.5) is 0 Å². The molecule has 2 spiro atoms. The molecule has 0 bridgehead atoms. The number of hydrogen-bond acceptors (Lipinski definition) is 4. The first-order valence-electron chi connectivity index (χ1n) is 9.40. The summed E-state index contributed by atoms with van der Waals surface area (Å²) in [5.41, 5.74) is 4.42. The van der Waals surface area contributed by atoms with Gasteiger partial charge in [0.2, 0.25) is 0 Å². The highest BCUT2D eigenvalue weighted by Crippen LogP contribution is 2.62. The highest BCUT2D eigenvalue weighted by atomic mass is 15.5. The number of likely N-dealkylation sites (N-methyl/N-ethyl adjacent to an activating group) is 2. The smallest absolute Gasteiger partial charge is 0.131 e. The number of nitrogens with zero attached hydrogens (tertiary/aromatic N) is 4. The molecule has 0 atom stereocenters. The summed E-state index contributed by atoms with van der Waals surface area (Å²) >= 11 is 0. The lowest BCUT2D eigenvalue weighted by molar-refractivity contribution is 0.0713. The van der Waals surface area contributed by atoms with Crippen LogP contribution in [-0.4, -0.2) is 54.1 Å². The molecule has 0 aromatic heterocycles. The predicted octanol–water partition coefficient (Wildman–Crippen LogP) is 3.25. The van der Waals surface area contributed by atoms with Crippen molar-refractivity contribution in [1.29, 1.82) is 0 Å². The second kappa shape index (κ2) is 5.60. The van der Waals surface area contributed by atoms with Crippen LogP contribution in [0, 0.1) is 5.41 Å². The first-order chi connectivity index (χ1) is 12.7. The molecule has 2 fully saturated rings. The molecule has 0 N–H and O–H groups in total. The lowest BCUT2D eigenvalue weighted by Crippen LogP contribution is -2.66. The van der Waals surface area contributed by atoms with Crippen molar-refractivity contribution in [3.63, 3.8) is 0 Å². The van der Waals surface area contributed by atoms with Crippen LogP contribution in [0.1, 0.15) is 24.0 Å². The number of benzene rings is 2. The predicted molar refractivity (Wildman–Crippen MR) is 106 cm³/mol. The Morgan fingerprint density at radius 1 is 0.692 bits per heavy atom. The minimum absolute atomic E-state index is 0.0152. The molecule has 1 saturated heterocycles. The van der Waals surface area contributed by atoms with E-state index in [0.717, 1.165) is 37.4 Å². The van der Waals surface area contributed by atoms with Gasteiger partial charge in [-0.15, -0.1) is 0 Å². The minimum Gasteiger partial charge on any atom is -0.281 e. The topological polar surface area (TPSA) is 31.2 Å². The molecule has 5 rings (SSSR count). The van der Waals surface area contributed by atoms with Gasteiger partial charge in [0.15, 0.2) is 0 Å². The van der Waals surface area contributed by atoms with Crippen molar-refractivity contribution in [3.8, 4) is 0 Å². The minimum atomic E-state index is -0.221. The fourth-order valence-electron chi connectivity index (χ4n) is 5.16. The second-order valence-corrected chi connectivity index (χ2v) is 7.73. The molecule has 1 saturated carbocycles. The molecule has 3 aliphatic rings. The van der Waals surface area contributed by atoms with Gasteiger partial charge in [0, 0.05) is 18.7 Å². The zero-order chi connectivity index (χ0) is 17.8. The number of rotatable bonds is 2. The summed E-state index contributed by atoms with van der Waals surface area (Å²) in [7, 11) is 4.49. The van der Waals surface area contributed by atoms with Gasteiger partial charge in [-0.25, -0.2) is 0 Å². The largest absolute Gasteiger partial charge is 0.281 e. The van der Waals surface area contributed by atoms with E-state index in [1.807, 2.05) is 0 Å². The van der Waals surface area contributed by atoms with Gasteiger partial charge in [0.25, 0.3) is 0 Å². The molecule has 2 aromatic carbocycles. The Morgan fingerprint density at radius 2 is 1.15 bits per heavy atom. The lowest BCUT2D eigenvalue weighted by Gasteiger charge is -2.49. The molecule has 4 nitrogen and oxygen atoms in total. The summed E-state index contributed by atoms with van der Waals surface area (Å²) in [5, 5.41) is 9.66. The van der Waals surface area contributed by atoms with E-state index in [9.17, 15) is 0 Å². The SMILES string of the molecule is CN1CCN(C)C12C(c1ccccc1)=NN=C(c1ccccc1)C21CC1. The molecule has 2 aliphatic heterocycles. The third-order valence-corrected chi connectivity index (χ3v) is 6.42. The highest BCUT2D eigenvalue weighted by Gasteiger charge is 2.71. The lowest BCUT2D eigenvalue weighted by atomic mass is 9.74. The van der Waals surface area contributed by atoms with Gasteiger partial charge in [0.05, 0.1) is 11.1 Å². The van der Waals surface area contributed by atoms with Gasteiger partial charge in [-0.1, -0.05) is 60.7 Å². The maximum Gasteiger partial charge on any atom is 0.131 e. The van der Waals surface area contributed by atoms with Crippen LogP contribution >= 0.6 is 0 Å². The molecule has 0 amide bonds. The van der Waals surface area contributed by atoms with E-state index < -0.39 is 0 Å². The van der Waals surface area contributed by atoms with Crippen molar-refractivity contribution >= 4 is 11.4 Å². The first-order valence-corrected chi connectivity index (χ1v) is 9.40. The zero-order valence-corrected chi connectivity index (χ0v) is 15.4. The van der Waals surface area contributed by atoms with Crippen LogP contribution in [0.5, 0.6) is 0 Å². The number of hydrogen-bond donors (Lipinski definition) is 0. The van der Waals surface area contributed by atoms with E-state index in [4.69, 9.17) is 10.2 Å². The third kappa shape index (κ3) is 1.91. The van der Waals surface area contributed by atoms with Crippen LogP contribution in [0.2, 0.25) is 0 Å². The van der Waals surface area contributed by atoms with Gasteiger partial charge in [-0.2, -0.15) is 10.2 Å². The Hall–Kier alpha value is -2.30. The van der Waals surface area contributed by atoms with Gasteiger partial charge in [-0.05, 0) is 32.5 Å². The van der Waals surface area contributed by atoms with Gasteiger partial charge < -0.3 is 0 Å². The van der Waals surface area contributed by atoms with Crippen molar-refractivity contribution < 1.29 is 0 Å². The molecule has 2 heterocycles. The van der Waals surface area contributed by atoms with Gasteiger partial charge >= 0.3 is 0 Å². The van der Waals surface area contributed by atoms with Crippen molar-refractivity contribution in [2.45, 2.75) is 18.5 Å². The average Bonchev–Trinajstić information content (AvgIpc) is 3.42. The Morgan fingerprint density at radius 3 is 1.65 bits per heavy atom. The quantitative estimate of drug-likeness (QED) is 0.837. The monoisotopic (exact) mass is 344 g/mol. The van der Waals surface area contributed by atoms with Crippen molar-refractivity contribution in [3.05, 3.63) is 71.8 Å². The first kappa shape index (κ1) is 15.9. The van der Waals surface area contributed by atoms with Gasteiger partial charge in [-0.3, -0.25) is 9.80 Å². The Labute approximate surface area is 154 Å². The van der Waals surface area contributed by atoms with Crippen molar-refractivity contribution in [2.75, 3.05) is 27.2 Å². The Bertz CT molecular complexity index is 871. The Balaban J connectivity index is 1.76. The molecule has 4 heteroatoms. The van der Waals surface area contributed by atoms with E-state index >= 15 is 0 Å². The average molecular weight is 344 g/mol. The zero-order valence-electron chi connectivity index (χ0n) is 15.4. The van der Waals surface area contributed by atoms with E-state index in [0.29, 0.717) is 0 Å². The molecule has 0 radical (unpaired) electrons. The Kier molecular flexibility index (Phi) is 3.43. The van der Waals surface area contributed by atoms with E-state index in [2.05, 4.69) is 84.6 Å².